The van der Waals surface area contributed by atoms with Gasteiger partial charge in [0.15, 0.2) is 0 Å². The largest absolute Gasteiger partial charge is 0.416 e. The lowest BCUT2D eigenvalue weighted by Gasteiger charge is -2.16. The highest BCUT2D eigenvalue weighted by atomic mass is 19.4. The van der Waals surface area contributed by atoms with E-state index in [0.717, 1.165) is 30.5 Å². The van der Waals surface area contributed by atoms with E-state index in [1.807, 2.05) is 0 Å². The molecule has 154 valence electrons. The van der Waals surface area contributed by atoms with Crippen LogP contribution in [0.4, 0.5) is 23.7 Å². The van der Waals surface area contributed by atoms with Crippen LogP contribution in [0.5, 0.6) is 0 Å². The topological polar surface area (TPSA) is 70.2 Å². The highest BCUT2D eigenvalue weighted by molar-refractivity contribution is 5.94. The summed E-state index contributed by atoms with van der Waals surface area (Å²) in [6.07, 6.45) is -2.56. The smallest absolute Gasteiger partial charge is 0.334 e. The van der Waals surface area contributed by atoms with Gasteiger partial charge in [-0.15, -0.1) is 0 Å². The minimum absolute atomic E-state index is 0.0192. The van der Waals surface area contributed by atoms with E-state index in [-0.39, 0.29) is 24.4 Å². The van der Waals surface area contributed by atoms with Crippen LogP contribution in [0.1, 0.15) is 42.5 Å². The molecule has 8 heteroatoms. The minimum atomic E-state index is -4.42. The second kappa shape index (κ2) is 8.55. The van der Waals surface area contributed by atoms with Gasteiger partial charge < -0.3 is 16.0 Å². The molecule has 29 heavy (non-hydrogen) atoms. The van der Waals surface area contributed by atoms with Gasteiger partial charge in [0.25, 0.3) is 0 Å². The number of carbonyl (C=O) groups is 2. The SMILES string of the molecule is CC(NC(=O)NCc1cccc(C(F)(F)F)c1)c1ccc(NC(=O)C2CC2)cc1. The van der Waals surface area contributed by atoms with Gasteiger partial charge in [-0.05, 0) is 55.2 Å². The summed E-state index contributed by atoms with van der Waals surface area (Å²) in [5, 5.41) is 8.15. The van der Waals surface area contributed by atoms with Crippen LogP contribution in [0.25, 0.3) is 0 Å². The number of carbonyl (C=O) groups excluding carboxylic acids is 2. The fourth-order valence-electron chi connectivity index (χ4n) is 2.82. The maximum absolute atomic E-state index is 12.7. The third kappa shape index (κ3) is 5.97. The molecule has 1 atom stereocenters. The third-order valence-electron chi connectivity index (χ3n) is 4.68. The zero-order valence-corrected chi connectivity index (χ0v) is 15.8. The molecule has 0 bridgehead atoms. The van der Waals surface area contributed by atoms with Crippen LogP contribution in [-0.4, -0.2) is 11.9 Å². The van der Waals surface area contributed by atoms with E-state index in [1.54, 1.807) is 31.2 Å². The van der Waals surface area contributed by atoms with E-state index in [9.17, 15) is 22.8 Å². The fourth-order valence-corrected chi connectivity index (χ4v) is 2.82. The number of hydrogen-bond donors (Lipinski definition) is 3. The number of benzene rings is 2. The molecule has 0 aliphatic heterocycles. The summed E-state index contributed by atoms with van der Waals surface area (Å²) in [4.78, 5) is 23.8. The molecule has 3 rings (SSSR count). The van der Waals surface area contributed by atoms with Gasteiger partial charge in [0.1, 0.15) is 0 Å². The maximum Gasteiger partial charge on any atom is 0.416 e. The number of anilines is 1. The van der Waals surface area contributed by atoms with Crippen LogP contribution in [0.15, 0.2) is 48.5 Å². The van der Waals surface area contributed by atoms with Crippen molar-refractivity contribution in [1.29, 1.82) is 0 Å². The molecule has 5 nitrogen and oxygen atoms in total. The Labute approximate surface area is 166 Å². The first-order valence-electron chi connectivity index (χ1n) is 9.33. The van der Waals surface area contributed by atoms with E-state index >= 15 is 0 Å². The summed E-state index contributed by atoms with van der Waals surface area (Å²) in [6.45, 7) is 1.77. The predicted molar refractivity (Wildman–Crippen MR) is 103 cm³/mol. The molecule has 0 radical (unpaired) electrons. The van der Waals surface area contributed by atoms with Crippen molar-refractivity contribution >= 4 is 17.6 Å². The first-order chi connectivity index (χ1) is 13.7. The molecule has 3 N–H and O–H groups in total. The molecular weight excluding hydrogens is 383 g/mol. The number of halogens is 3. The Morgan fingerprint density at radius 2 is 1.79 bits per heavy atom. The molecule has 0 heterocycles. The molecule has 1 aliphatic rings. The lowest BCUT2D eigenvalue weighted by molar-refractivity contribution is -0.137. The van der Waals surface area contributed by atoms with Gasteiger partial charge in [-0.3, -0.25) is 4.79 Å². The van der Waals surface area contributed by atoms with Crippen molar-refractivity contribution in [3.05, 3.63) is 65.2 Å². The Morgan fingerprint density at radius 1 is 1.10 bits per heavy atom. The summed E-state index contributed by atoms with van der Waals surface area (Å²) in [5.74, 6) is 0.147. The number of rotatable bonds is 6. The number of hydrogen-bond acceptors (Lipinski definition) is 2. The van der Waals surface area contributed by atoms with Gasteiger partial charge in [0, 0.05) is 18.2 Å². The number of alkyl halides is 3. The van der Waals surface area contributed by atoms with E-state index in [1.165, 1.54) is 12.1 Å². The molecule has 1 fully saturated rings. The Hall–Kier alpha value is -3.03. The Kier molecular flexibility index (Phi) is 6.10. The van der Waals surface area contributed by atoms with Crippen LogP contribution < -0.4 is 16.0 Å². The normalized spacial score (nSPS) is 14.8. The second-order valence-electron chi connectivity index (χ2n) is 7.13. The Morgan fingerprint density at radius 3 is 2.41 bits per heavy atom. The molecule has 2 aromatic rings. The van der Waals surface area contributed by atoms with Gasteiger partial charge in [0.05, 0.1) is 11.6 Å². The molecule has 1 aliphatic carbocycles. The van der Waals surface area contributed by atoms with Crippen LogP contribution in [0.3, 0.4) is 0 Å². The molecule has 2 aromatic carbocycles. The Balaban J connectivity index is 1.49. The number of urea groups is 1. The average molecular weight is 405 g/mol. The Bertz CT molecular complexity index is 877. The first kappa shape index (κ1) is 20.7. The summed E-state index contributed by atoms with van der Waals surface area (Å²) < 4.78 is 38.2. The average Bonchev–Trinajstić information content (AvgIpc) is 3.52. The number of amides is 3. The van der Waals surface area contributed by atoms with Gasteiger partial charge in [-0.1, -0.05) is 24.3 Å². The third-order valence-corrected chi connectivity index (χ3v) is 4.68. The molecule has 0 saturated heterocycles. The van der Waals surface area contributed by atoms with Crippen LogP contribution in [0, 0.1) is 5.92 Å². The van der Waals surface area contributed by atoms with Crippen LogP contribution in [0.2, 0.25) is 0 Å². The van der Waals surface area contributed by atoms with Gasteiger partial charge in [-0.2, -0.15) is 13.2 Å². The molecule has 1 saturated carbocycles. The number of nitrogens with one attached hydrogen (secondary N) is 3. The molecule has 3 amide bonds. The second-order valence-corrected chi connectivity index (χ2v) is 7.13. The summed E-state index contributed by atoms with van der Waals surface area (Å²) in [6, 6.07) is 11.2. The van der Waals surface area contributed by atoms with Crippen LogP contribution in [-0.2, 0) is 17.5 Å². The molecular formula is C21H22F3N3O2. The molecule has 1 unspecified atom stereocenters. The lowest BCUT2D eigenvalue weighted by atomic mass is 10.1. The van der Waals surface area contributed by atoms with Crippen molar-refractivity contribution in [2.24, 2.45) is 5.92 Å². The fraction of sp³-hybridized carbons (Fsp3) is 0.333. The van der Waals surface area contributed by atoms with E-state index in [2.05, 4.69) is 16.0 Å². The van der Waals surface area contributed by atoms with Gasteiger partial charge in [0.2, 0.25) is 5.91 Å². The maximum atomic E-state index is 12.7. The van der Waals surface area contributed by atoms with E-state index in [0.29, 0.717) is 11.3 Å². The van der Waals surface area contributed by atoms with Gasteiger partial charge in [-0.25, -0.2) is 4.79 Å². The zero-order valence-electron chi connectivity index (χ0n) is 15.8. The molecule has 0 spiro atoms. The molecule has 0 aromatic heterocycles. The van der Waals surface area contributed by atoms with Crippen molar-refractivity contribution in [2.75, 3.05) is 5.32 Å². The van der Waals surface area contributed by atoms with E-state index < -0.39 is 17.8 Å². The first-order valence-corrected chi connectivity index (χ1v) is 9.33. The summed E-state index contributed by atoms with van der Waals surface area (Å²) in [7, 11) is 0. The zero-order chi connectivity index (χ0) is 21.0. The summed E-state index contributed by atoms with van der Waals surface area (Å²) >= 11 is 0. The van der Waals surface area contributed by atoms with Crippen molar-refractivity contribution in [1.82, 2.24) is 10.6 Å². The lowest BCUT2D eigenvalue weighted by Crippen LogP contribution is -2.36. The highest BCUT2D eigenvalue weighted by Crippen LogP contribution is 2.30. The minimum Gasteiger partial charge on any atom is -0.334 e. The monoisotopic (exact) mass is 405 g/mol. The predicted octanol–water partition coefficient (Wildman–Crippen LogP) is 4.61. The van der Waals surface area contributed by atoms with Crippen molar-refractivity contribution < 1.29 is 22.8 Å². The standard InChI is InChI=1S/C21H22F3N3O2/c1-13(15-7-9-18(10-8-15)27-19(28)16-5-6-16)26-20(29)25-12-14-3-2-4-17(11-14)21(22,23)24/h2-4,7-11,13,16H,5-6,12H2,1H3,(H,27,28)(H2,25,26,29). The summed E-state index contributed by atoms with van der Waals surface area (Å²) in [5.41, 5.74) is 1.15. The van der Waals surface area contributed by atoms with E-state index in [4.69, 9.17) is 0 Å². The van der Waals surface area contributed by atoms with Gasteiger partial charge >= 0.3 is 12.2 Å². The van der Waals surface area contributed by atoms with Crippen molar-refractivity contribution in [2.45, 2.75) is 38.5 Å². The van der Waals surface area contributed by atoms with Crippen LogP contribution >= 0.6 is 0 Å². The quantitative estimate of drug-likeness (QED) is 0.657. The van der Waals surface area contributed by atoms with Crippen molar-refractivity contribution in [3.8, 4) is 0 Å². The van der Waals surface area contributed by atoms with Crippen molar-refractivity contribution in [3.63, 3.8) is 0 Å². The highest BCUT2D eigenvalue weighted by Gasteiger charge is 2.30.